The molecule has 0 aliphatic rings. The molecule has 0 aliphatic carbocycles. The molecule has 5 nitrogen and oxygen atoms in total. The summed E-state index contributed by atoms with van der Waals surface area (Å²) in [7, 11) is 0. The number of rotatable bonds is 8. The maximum Gasteiger partial charge on any atom is 0.196 e. The van der Waals surface area contributed by atoms with Gasteiger partial charge in [0, 0.05) is 11.1 Å². The topological polar surface area (TPSA) is 83.8 Å². The summed E-state index contributed by atoms with van der Waals surface area (Å²) in [5.74, 6) is 1.21. The first-order chi connectivity index (χ1) is 22.4. The zero-order valence-electron chi connectivity index (χ0n) is 25.5. The molecule has 0 saturated heterocycles. The van der Waals surface area contributed by atoms with Crippen LogP contribution in [-0.4, -0.2) is 21.8 Å². The molecule has 2 atom stereocenters. The molecular formula is C41H36O5. The van der Waals surface area contributed by atoms with Crippen molar-refractivity contribution in [2.45, 2.75) is 19.1 Å². The zero-order chi connectivity index (χ0) is 32.6. The SMILES string of the molecule is Cc1ccccc1C(=O)C(O)c1ccccc1.O=C(c1ccccc1)C(O)c1ccccc1.c1ccc(Oc2ccccc2)cc1. The molecule has 0 bridgehead atoms. The number of ketones is 2. The lowest BCUT2D eigenvalue weighted by Crippen LogP contribution is -2.13. The van der Waals surface area contributed by atoms with Crippen molar-refractivity contribution in [2.75, 3.05) is 0 Å². The van der Waals surface area contributed by atoms with Gasteiger partial charge in [0.2, 0.25) is 0 Å². The summed E-state index contributed by atoms with van der Waals surface area (Å²) in [6.45, 7) is 1.87. The molecule has 6 aromatic rings. The molecule has 0 saturated carbocycles. The lowest BCUT2D eigenvalue weighted by atomic mass is 9.97. The van der Waals surface area contributed by atoms with E-state index in [4.69, 9.17) is 4.74 Å². The highest BCUT2D eigenvalue weighted by Crippen LogP contribution is 2.21. The second-order valence-corrected chi connectivity index (χ2v) is 10.3. The van der Waals surface area contributed by atoms with Crippen LogP contribution in [0.25, 0.3) is 0 Å². The van der Waals surface area contributed by atoms with Crippen LogP contribution in [-0.2, 0) is 0 Å². The van der Waals surface area contributed by atoms with Crippen molar-refractivity contribution in [2.24, 2.45) is 0 Å². The normalized spacial score (nSPS) is 11.4. The molecule has 6 rings (SSSR count). The Morgan fingerprint density at radius 1 is 0.457 bits per heavy atom. The lowest BCUT2D eigenvalue weighted by molar-refractivity contribution is 0.0743. The second-order valence-electron chi connectivity index (χ2n) is 10.3. The Balaban J connectivity index is 0.000000158. The molecular weight excluding hydrogens is 572 g/mol. The quantitative estimate of drug-likeness (QED) is 0.169. The van der Waals surface area contributed by atoms with E-state index < -0.39 is 12.2 Å². The van der Waals surface area contributed by atoms with Crippen molar-refractivity contribution >= 4 is 11.6 Å². The molecule has 0 aliphatic heterocycles. The Morgan fingerprint density at radius 3 is 1.24 bits per heavy atom. The standard InChI is InChI=1S/C15H14O2.C14H12O2.C12H10O/c1-11-7-5-6-10-13(11)15(17)14(16)12-8-3-2-4-9-12;15-13(11-7-3-1-4-8-11)14(16)12-9-5-2-6-10-12;1-3-7-11(8-4-1)13-12-9-5-2-6-10-12/h2-10,14,16H,1H3;1-10,13,15H;1-10H. The van der Waals surface area contributed by atoms with E-state index in [9.17, 15) is 19.8 Å². The first kappa shape index (κ1) is 33.3. The predicted octanol–water partition coefficient (Wildman–Crippen LogP) is 8.99. The molecule has 0 amide bonds. The van der Waals surface area contributed by atoms with E-state index in [1.165, 1.54) is 0 Å². The number of aliphatic hydroxyl groups excluding tert-OH is 2. The highest BCUT2D eigenvalue weighted by molar-refractivity contribution is 6.01. The van der Waals surface area contributed by atoms with Crippen molar-refractivity contribution in [1.29, 1.82) is 0 Å². The number of aryl methyl sites for hydroxylation is 1. The summed E-state index contributed by atoms with van der Waals surface area (Å²) in [6, 6.07) is 53.5. The summed E-state index contributed by atoms with van der Waals surface area (Å²) in [5, 5.41) is 19.9. The number of benzene rings is 6. The molecule has 230 valence electrons. The van der Waals surface area contributed by atoms with Gasteiger partial charge in [-0.2, -0.15) is 0 Å². The molecule has 0 aromatic heterocycles. The van der Waals surface area contributed by atoms with Crippen LogP contribution in [0, 0.1) is 6.92 Å². The summed E-state index contributed by atoms with van der Waals surface area (Å²) < 4.78 is 5.58. The van der Waals surface area contributed by atoms with E-state index in [0.717, 1.165) is 17.1 Å². The number of aliphatic hydroxyl groups is 2. The maximum absolute atomic E-state index is 12.1. The number of ether oxygens (including phenoxy) is 1. The summed E-state index contributed by atoms with van der Waals surface area (Å²) in [6.07, 6.45) is -2.17. The van der Waals surface area contributed by atoms with E-state index in [1.807, 2.05) is 110 Å². The minimum Gasteiger partial charge on any atom is -0.457 e. The Kier molecular flexibility index (Phi) is 12.7. The second kappa shape index (κ2) is 17.6. The fourth-order valence-corrected chi connectivity index (χ4v) is 4.44. The minimum atomic E-state index is -1.09. The van der Waals surface area contributed by atoms with Crippen molar-refractivity contribution in [1.82, 2.24) is 0 Å². The molecule has 0 heterocycles. The zero-order valence-corrected chi connectivity index (χ0v) is 25.5. The van der Waals surface area contributed by atoms with Gasteiger partial charge in [-0.05, 0) is 47.9 Å². The molecule has 2 N–H and O–H groups in total. The lowest BCUT2D eigenvalue weighted by Gasteiger charge is -2.11. The third-order valence-electron chi connectivity index (χ3n) is 6.92. The van der Waals surface area contributed by atoms with Crippen molar-refractivity contribution in [3.63, 3.8) is 0 Å². The number of carbonyl (C=O) groups is 2. The molecule has 2 unspecified atom stereocenters. The summed E-state index contributed by atoms with van der Waals surface area (Å²) >= 11 is 0. The van der Waals surface area contributed by atoms with E-state index in [1.54, 1.807) is 72.8 Å². The average Bonchev–Trinajstić information content (AvgIpc) is 3.13. The Hall–Kier alpha value is -5.62. The van der Waals surface area contributed by atoms with Gasteiger partial charge in [0.15, 0.2) is 11.6 Å². The number of carbonyl (C=O) groups excluding carboxylic acids is 2. The Bertz CT molecular complexity index is 1720. The van der Waals surface area contributed by atoms with Crippen molar-refractivity contribution < 1.29 is 24.5 Å². The van der Waals surface area contributed by atoms with Gasteiger partial charge >= 0.3 is 0 Å². The van der Waals surface area contributed by atoms with Crippen LogP contribution in [0.15, 0.2) is 176 Å². The largest absolute Gasteiger partial charge is 0.457 e. The van der Waals surface area contributed by atoms with Gasteiger partial charge in [-0.1, -0.05) is 152 Å². The predicted molar refractivity (Wildman–Crippen MR) is 182 cm³/mol. The highest BCUT2D eigenvalue weighted by Gasteiger charge is 2.20. The molecule has 5 heteroatoms. The third kappa shape index (κ3) is 9.96. The van der Waals surface area contributed by atoms with Crippen LogP contribution < -0.4 is 4.74 Å². The number of hydrogen-bond donors (Lipinski definition) is 2. The van der Waals surface area contributed by atoms with Crippen LogP contribution in [0.2, 0.25) is 0 Å². The van der Waals surface area contributed by atoms with Gasteiger partial charge in [0.25, 0.3) is 0 Å². The Morgan fingerprint density at radius 2 is 0.804 bits per heavy atom. The van der Waals surface area contributed by atoms with Gasteiger partial charge in [-0.15, -0.1) is 0 Å². The van der Waals surface area contributed by atoms with Crippen molar-refractivity contribution in [3.05, 3.63) is 204 Å². The molecule has 0 fully saturated rings. The van der Waals surface area contributed by atoms with Crippen LogP contribution in [0.3, 0.4) is 0 Å². The number of hydrogen-bond acceptors (Lipinski definition) is 5. The van der Waals surface area contributed by atoms with Gasteiger partial charge in [-0.25, -0.2) is 0 Å². The van der Waals surface area contributed by atoms with Crippen molar-refractivity contribution in [3.8, 4) is 11.5 Å². The third-order valence-corrected chi connectivity index (χ3v) is 6.92. The van der Waals surface area contributed by atoms with Crippen LogP contribution >= 0.6 is 0 Å². The number of para-hydroxylation sites is 2. The smallest absolute Gasteiger partial charge is 0.196 e. The van der Waals surface area contributed by atoms with Gasteiger partial charge in [0.05, 0.1) is 0 Å². The van der Waals surface area contributed by atoms with Crippen LogP contribution in [0.5, 0.6) is 11.5 Å². The monoisotopic (exact) mass is 608 g/mol. The van der Waals surface area contributed by atoms with Gasteiger partial charge in [-0.3, -0.25) is 9.59 Å². The summed E-state index contributed by atoms with van der Waals surface area (Å²) in [4.78, 5) is 24.0. The van der Waals surface area contributed by atoms with E-state index in [0.29, 0.717) is 22.3 Å². The van der Waals surface area contributed by atoms with Crippen LogP contribution in [0.4, 0.5) is 0 Å². The highest BCUT2D eigenvalue weighted by atomic mass is 16.5. The number of Topliss-reactive ketones (excluding diaryl/α,β-unsaturated/α-hetero) is 2. The van der Waals surface area contributed by atoms with E-state index in [-0.39, 0.29) is 11.6 Å². The van der Waals surface area contributed by atoms with E-state index >= 15 is 0 Å². The molecule has 46 heavy (non-hydrogen) atoms. The van der Waals surface area contributed by atoms with E-state index in [2.05, 4.69) is 0 Å². The van der Waals surface area contributed by atoms with Gasteiger partial charge < -0.3 is 14.9 Å². The first-order valence-electron chi connectivity index (χ1n) is 14.9. The molecule has 0 radical (unpaired) electrons. The van der Waals surface area contributed by atoms with Gasteiger partial charge in [0.1, 0.15) is 23.7 Å². The fraction of sp³-hybridized carbons (Fsp3) is 0.0732. The molecule has 6 aromatic carbocycles. The fourth-order valence-electron chi connectivity index (χ4n) is 4.44. The van der Waals surface area contributed by atoms with Crippen LogP contribution in [0.1, 0.15) is 49.6 Å². The first-order valence-corrected chi connectivity index (χ1v) is 14.9. The average molecular weight is 609 g/mol. The summed E-state index contributed by atoms with van der Waals surface area (Å²) in [5.41, 5.74) is 3.23. The Labute approximate surface area is 270 Å². The molecule has 0 spiro atoms. The minimum absolute atomic E-state index is 0.255. The maximum atomic E-state index is 12.1.